The smallest absolute Gasteiger partial charge is 0.357 e. The first-order valence-corrected chi connectivity index (χ1v) is 10.6. The lowest BCUT2D eigenvalue weighted by atomic mass is 10.3. The summed E-state index contributed by atoms with van der Waals surface area (Å²) in [6.45, 7) is 11.3. The van der Waals surface area contributed by atoms with Crippen LogP contribution in [0, 0.1) is 0 Å². The van der Waals surface area contributed by atoms with Crippen molar-refractivity contribution in [3.05, 3.63) is 21.7 Å². The third-order valence-corrected chi connectivity index (χ3v) is 4.72. The highest BCUT2D eigenvalue weighted by molar-refractivity contribution is 7.10. The van der Waals surface area contributed by atoms with Crippen LogP contribution in [0.4, 0.5) is 0 Å². The van der Waals surface area contributed by atoms with Crippen LogP contribution in [0.3, 0.4) is 0 Å². The topological polar surface area (TPSA) is 39.2 Å². The van der Waals surface area contributed by atoms with E-state index in [0.717, 1.165) is 11.1 Å². The first-order chi connectivity index (χ1) is 8.28. The first-order valence-electron chi connectivity index (χ1n) is 6.05. The maximum absolute atomic E-state index is 11.7. The minimum atomic E-state index is -1.15. The molecule has 1 aromatic rings. The molecule has 0 unspecified atom stereocenters. The Labute approximate surface area is 114 Å². The number of esters is 1. The summed E-state index contributed by atoms with van der Waals surface area (Å²) < 4.78 is 5.24. The van der Waals surface area contributed by atoms with Crippen molar-refractivity contribution in [2.75, 3.05) is 6.61 Å². The molecule has 100 valence electrons. The zero-order valence-corrected chi connectivity index (χ0v) is 13.6. The quantitative estimate of drug-likeness (QED) is 0.604. The summed E-state index contributed by atoms with van der Waals surface area (Å²) in [4.78, 5) is 16.0. The monoisotopic (exact) mass is 283 g/mol. The number of carbonyl (C=O) groups is 1. The lowest BCUT2D eigenvalue weighted by molar-refractivity contribution is 0.0519. The molecule has 0 aliphatic heterocycles. The van der Waals surface area contributed by atoms with Gasteiger partial charge in [-0.15, -0.1) is 11.3 Å². The molecule has 1 heterocycles. The molecular formula is C13H21NO2SSi. The van der Waals surface area contributed by atoms with Gasteiger partial charge in [-0.25, -0.2) is 9.78 Å². The van der Waals surface area contributed by atoms with E-state index in [9.17, 15) is 4.79 Å². The van der Waals surface area contributed by atoms with E-state index in [0.29, 0.717) is 12.3 Å². The number of hydrogen-bond acceptors (Lipinski definition) is 4. The molecule has 0 spiro atoms. The Morgan fingerprint density at radius 2 is 2.11 bits per heavy atom. The van der Waals surface area contributed by atoms with Gasteiger partial charge in [0.05, 0.1) is 6.61 Å². The van der Waals surface area contributed by atoms with Crippen LogP contribution < -0.4 is 0 Å². The van der Waals surface area contributed by atoms with E-state index in [-0.39, 0.29) is 5.97 Å². The van der Waals surface area contributed by atoms with E-state index in [4.69, 9.17) is 4.74 Å². The van der Waals surface area contributed by atoms with Crippen molar-refractivity contribution in [2.45, 2.75) is 39.5 Å². The van der Waals surface area contributed by atoms with Gasteiger partial charge in [-0.05, 0) is 26.0 Å². The molecule has 3 nitrogen and oxygen atoms in total. The lowest BCUT2D eigenvalue weighted by Gasteiger charge is -2.14. The maximum atomic E-state index is 11.7. The Kier molecular flexibility index (Phi) is 5.28. The van der Waals surface area contributed by atoms with Crippen LogP contribution in [-0.2, 0) is 4.74 Å². The number of ether oxygens (including phenoxy) is 1. The van der Waals surface area contributed by atoms with Gasteiger partial charge in [-0.2, -0.15) is 0 Å². The fourth-order valence-electron chi connectivity index (χ4n) is 1.22. The van der Waals surface area contributed by atoms with E-state index < -0.39 is 8.07 Å². The fraction of sp³-hybridized carbons (Fsp3) is 0.538. The number of carbonyl (C=O) groups excluding carboxylic acids is 1. The number of allylic oxidation sites excluding steroid dienone is 1. The average molecular weight is 283 g/mol. The lowest BCUT2D eigenvalue weighted by Crippen LogP contribution is -2.22. The molecular weight excluding hydrogens is 262 g/mol. The Morgan fingerprint density at radius 3 is 2.67 bits per heavy atom. The highest BCUT2D eigenvalue weighted by atomic mass is 32.1. The molecule has 1 rings (SSSR count). The van der Waals surface area contributed by atoms with Crippen molar-refractivity contribution in [2.24, 2.45) is 0 Å². The van der Waals surface area contributed by atoms with E-state index in [1.54, 1.807) is 5.38 Å². The van der Waals surface area contributed by atoms with Crippen molar-refractivity contribution in [1.82, 2.24) is 4.98 Å². The van der Waals surface area contributed by atoms with Gasteiger partial charge in [-0.3, -0.25) is 0 Å². The van der Waals surface area contributed by atoms with Gasteiger partial charge >= 0.3 is 5.97 Å². The van der Waals surface area contributed by atoms with Gasteiger partial charge in [0.1, 0.15) is 5.01 Å². The standard InChI is InChI=1S/C13H21NO2SSi/c1-10(2)8-12-14-11(9-17-12)13(15)16-6-7-18(3,4)5/h8-9H,6-7H2,1-5H3. The van der Waals surface area contributed by atoms with Gasteiger partial charge < -0.3 is 4.74 Å². The third-order valence-electron chi connectivity index (χ3n) is 2.23. The SMILES string of the molecule is CC(C)=Cc1nc(C(=O)OCC[Si](C)(C)C)cs1. The Bertz CT molecular complexity index is 442. The van der Waals surface area contributed by atoms with Crippen molar-refractivity contribution in [3.8, 4) is 0 Å². The first kappa shape index (κ1) is 15.1. The fourth-order valence-corrected chi connectivity index (χ4v) is 2.77. The van der Waals surface area contributed by atoms with Crippen LogP contribution in [0.2, 0.25) is 25.7 Å². The van der Waals surface area contributed by atoms with Crippen LogP contribution in [0.25, 0.3) is 6.08 Å². The predicted octanol–water partition coefficient (Wildman–Crippen LogP) is 4.06. The van der Waals surface area contributed by atoms with Crippen molar-refractivity contribution < 1.29 is 9.53 Å². The molecule has 0 saturated carbocycles. The van der Waals surface area contributed by atoms with Crippen LogP contribution in [0.15, 0.2) is 11.0 Å². The summed E-state index contributed by atoms with van der Waals surface area (Å²) in [5, 5.41) is 2.61. The zero-order chi connectivity index (χ0) is 13.8. The summed E-state index contributed by atoms with van der Waals surface area (Å²) in [5.74, 6) is -0.307. The largest absolute Gasteiger partial charge is 0.461 e. The summed E-state index contributed by atoms with van der Waals surface area (Å²) in [6.07, 6.45) is 1.96. The zero-order valence-electron chi connectivity index (χ0n) is 11.7. The summed E-state index contributed by atoms with van der Waals surface area (Å²) >= 11 is 1.47. The number of thiazole rings is 1. The molecule has 0 aliphatic rings. The summed E-state index contributed by atoms with van der Waals surface area (Å²) in [5.41, 5.74) is 1.59. The molecule has 0 amide bonds. The Morgan fingerprint density at radius 1 is 1.44 bits per heavy atom. The second-order valence-electron chi connectivity index (χ2n) is 5.74. The van der Waals surface area contributed by atoms with Gasteiger partial charge in [-0.1, -0.05) is 25.2 Å². The third kappa shape index (κ3) is 5.60. The molecule has 1 aromatic heterocycles. The maximum Gasteiger partial charge on any atom is 0.357 e. The van der Waals surface area contributed by atoms with E-state index in [1.165, 1.54) is 16.9 Å². The molecule has 0 bridgehead atoms. The van der Waals surface area contributed by atoms with Crippen LogP contribution in [0.1, 0.15) is 29.3 Å². The summed E-state index contributed by atoms with van der Waals surface area (Å²) in [6, 6.07) is 0.990. The van der Waals surface area contributed by atoms with Crippen molar-refractivity contribution in [1.29, 1.82) is 0 Å². The van der Waals surface area contributed by atoms with Crippen LogP contribution in [-0.4, -0.2) is 25.6 Å². The molecule has 0 N–H and O–H groups in total. The highest BCUT2D eigenvalue weighted by Crippen LogP contribution is 2.15. The van der Waals surface area contributed by atoms with Gasteiger partial charge in [0.2, 0.25) is 0 Å². The number of nitrogens with zero attached hydrogens (tertiary/aromatic N) is 1. The number of aromatic nitrogens is 1. The minimum Gasteiger partial charge on any atom is -0.461 e. The van der Waals surface area contributed by atoms with Gasteiger partial charge in [0.25, 0.3) is 0 Å². The van der Waals surface area contributed by atoms with Gasteiger partial charge in [0, 0.05) is 13.5 Å². The second kappa shape index (κ2) is 6.29. The number of hydrogen-bond donors (Lipinski definition) is 0. The molecule has 0 atom stereocenters. The van der Waals surface area contributed by atoms with E-state index in [1.807, 2.05) is 19.9 Å². The molecule has 0 saturated heterocycles. The summed E-state index contributed by atoms with van der Waals surface area (Å²) in [7, 11) is -1.15. The van der Waals surface area contributed by atoms with Gasteiger partial charge in [0.15, 0.2) is 5.69 Å². The molecule has 0 aromatic carbocycles. The Balaban J connectivity index is 2.52. The van der Waals surface area contributed by atoms with E-state index in [2.05, 4.69) is 24.6 Å². The van der Waals surface area contributed by atoms with Crippen LogP contribution >= 0.6 is 11.3 Å². The predicted molar refractivity (Wildman–Crippen MR) is 79.9 cm³/mol. The molecule has 0 radical (unpaired) electrons. The Hall–Kier alpha value is -0.943. The van der Waals surface area contributed by atoms with Crippen LogP contribution in [0.5, 0.6) is 0 Å². The highest BCUT2D eigenvalue weighted by Gasteiger charge is 2.16. The molecule has 18 heavy (non-hydrogen) atoms. The normalized spacial score (nSPS) is 11.2. The van der Waals surface area contributed by atoms with Crippen molar-refractivity contribution in [3.63, 3.8) is 0 Å². The van der Waals surface area contributed by atoms with E-state index >= 15 is 0 Å². The number of rotatable bonds is 5. The molecule has 0 aliphatic carbocycles. The van der Waals surface area contributed by atoms with Crippen molar-refractivity contribution >= 4 is 31.5 Å². The average Bonchev–Trinajstić information content (AvgIpc) is 2.63. The second-order valence-corrected chi connectivity index (χ2v) is 12.3. The minimum absolute atomic E-state index is 0.307. The molecule has 5 heteroatoms. The molecule has 0 fully saturated rings.